The number of nitrogen functional groups attached to an aromatic ring is 1. The number of anilines is 1. The van der Waals surface area contributed by atoms with Crippen LogP contribution in [0.3, 0.4) is 0 Å². The summed E-state index contributed by atoms with van der Waals surface area (Å²) in [6.07, 6.45) is -7.40. The second-order valence-electron chi connectivity index (χ2n) is 3.51. The van der Waals surface area contributed by atoms with E-state index < -0.39 is 24.7 Å². The van der Waals surface area contributed by atoms with Gasteiger partial charge in [0, 0.05) is 5.69 Å². The number of amides is 1. The molecular formula is C10H11Cl2F3N2O2. The number of alkyl halides is 3. The number of hydrogen-bond acceptors (Lipinski definition) is 3. The summed E-state index contributed by atoms with van der Waals surface area (Å²) in [5.41, 5.74) is 5.71. The van der Waals surface area contributed by atoms with Crippen molar-refractivity contribution < 1.29 is 23.1 Å². The normalized spacial score (nSPS) is 12.5. The van der Waals surface area contributed by atoms with Crippen molar-refractivity contribution in [3.63, 3.8) is 0 Å². The lowest BCUT2D eigenvalue weighted by Crippen LogP contribution is -2.40. The lowest BCUT2D eigenvalue weighted by atomic mass is 10.2. The number of benzene rings is 1. The molecule has 0 aromatic heterocycles. The van der Waals surface area contributed by atoms with Gasteiger partial charge in [-0.15, -0.1) is 12.4 Å². The van der Waals surface area contributed by atoms with Gasteiger partial charge in [0.05, 0.1) is 17.1 Å². The second kappa shape index (κ2) is 6.83. The molecular weight excluding hydrogens is 308 g/mol. The smallest absolute Gasteiger partial charge is 0.399 e. The van der Waals surface area contributed by atoms with E-state index in [0.717, 1.165) is 0 Å². The predicted molar refractivity (Wildman–Crippen MR) is 67.5 cm³/mol. The Morgan fingerprint density at radius 1 is 1.47 bits per heavy atom. The largest absolute Gasteiger partial charge is 0.416 e. The van der Waals surface area contributed by atoms with Gasteiger partial charge in [-0.2, -0.15) is 13.2 Å². The van der Waals surface area contributed by atoms with Gasteiger partial charge < -0.3 is 16.2 Å². The Morgan fingerprint density at radius 3 is 2.53 bits per heavy atom. The summed E-state index contributed by atoms with van der Waals surface area (Å²) in [5.74, 6) is -0.816. The van der Waals surface area contributed by atoms with Crippen LogP contribution in [0.2, 0.25) is 5.02 Å². The minimum Gasteiger partial charge on any atom is -0.399 e. The van der Waals surface area contributed by atoms with Crippen molar-refractivity contribution >= 4 is 35.6 Å². The molecule has 4 nitrogen and oxygen atoms in total. The van der Waals surface area contributed by atoms with Crippen molar-refractivity contribution in [1.29, 1.82) is 0 Å². The first-order valence-electron chi connectivity index (χ1n) is 4.80. The van der Waals surface area contributed by atoms with E-state index in [4.69, 9.17) is 22.4 Å². The number of aliphatic hydroxyl groups excluding tert-OH is 1. The van der Waals surface area contributed by atoms with Crippen molar-refractivity contribution in [2.75, 3.05) is 12.3 Å². The summed E-state index contributed by atoms with van der Waals surface area (Å²) >= 11 is 5.70. The van der Waals surface area contributed by atoms with Gasteiger partial charge in [0.25, 0.3) is 5.91 Å². The van der Waals surface area contributed by atoms with E-state index in [9.17, 15) is 18.0 Å². The number of nitrogens with two attached hydrogens (primary N) is 1. The topological polar surface area (TPSA) is 75.4 Å². The summed E-state index contributed by atoms with van der Waals surface area (Å²) in [6, 6.07) is 3.98. The molecule has 0 heterocycles. The fourth-order valence-electron chi connectivity index (χ4n) is 1.12. The summed E-state index contributed by atoms with van der Waals surface area (Å²) in [5, 5.41) is 10.7. The molecule has 0 aliphatic carbocycles. The van der Waals surface area contributed by atoms with Crippen molar-refractivity contribution in [2.45, 2.75) is 12.3 Å². The third-order valence-electron chi connectivity index (χ3n) is 2.07. The minimum atomic E-state index is -4.78. The van der Waals surface area contributed by atoms with Gasteiger partial charge in [0.1, 0.15) is 0 Å². The summed E-state index contributed by atoms with van der Waals surface area (Å²) in [6.45, 7) is -0.941. The molecule has 1 aromatic rings. The van der Waals surface area contributed by atoms with Gasteiger partial charge in [-0.3, -0.25) is 4.79 Å². The first kappa shape index (κ1) is 17.8. The van der Waals surface area contributed by atoms with Crippen LogP contribution in [0.25, 0.3) is 0 Å². The molecule has 0 spiro atoms. The Morgan fingerprint density at radius 2 is 2.05 bits per heavy atom. The molecule has 0 aliphatic rings. The molecule has 4 N–H and O–H groups in total. The predicted octanol–water partition coefficient (Wildman–Crippen LogP) is 2.00. The molecule has 19 heavy (non-hydrogen) atoms. The van der Waals surface area contributed by atoms with E-state index in [0.29, 0.717) is 5.69 Å². The average Bonchev–Trinajstić information content (AvgIpc) is 2.24. The molecule has 0 saturated carbocycles. The highest BCUT2D eigenvalue weighted by Gasteiger charge is 2.38. The van der Waals surface area contributed by atoms with E-state index in [-0.39, 0.29) is 23.0 Å². The molecule has 0 saturated heterocycles. The van der Waals surface area contributed by atoms with E-state index in [2.05, 4.69) is 0 Å². The molecule has 1 amide bonds. The van der Waals surface area contributed by atoms with Crippen LogP contribution in [0.1, 0.15) is 10.4 Å². The van der Waals surface area contributed by atoms with E-state index in [1.807, 2.05) is 5.32 Å². The Labute approximate surface area is 118 Å². The Kier molecular flexibility index (Phi) is 6.41. The maximum atomic E-state index is 12.0. The summed E-state index contributed by atoms with van der Waals surface area (Å²) in [4.78, 5) is 11.5. The molecule has 0 aliphatic heterocycles. The molecule has 108 valence electrons. The minimum absolute atomic E-state index is 0. The van der Waals surface area contributed by atoms with Crippen LogP contribution >= 0.6 is 24.0 Å². The van der Waals surface area contributed by atoms with Gasteiger partial charge >= 0.3 is 6.18 Å². The maximum absolute atomic E-state index is 12.0. The van der Waals surface area contributed by atoms with Crippen LogP contribution in [0, 0.1) is 0 Å². The lowest BCUT2D eigenvalue weighted by molar-refractivity contribution is -0.201. The number of hydrogen-bond donors (Lipinski definition) is 3. The van der Waals surface area contributed by atoms with Crippen LogP contribution in [0.4, 0.5) is 18.9 Å². The molecule has 1 aromatic carbocycles. The van der Waals surface area contributed by atoms with Crippen LogP contribution in [-0.2, 0) is 0 Å². The fraction of sp³-hybridized carbons (Fsp3) is 0.300. The second-order valence-corrected chi connectivity index (χ2v) is 3.91. The van der Waals surface area contributed by atoms with Gasteiger partial charge in [-0.25, -0.2) is 0 Å². The molecule has 0 bridgehead atoms. The molecule has 1 unspecified atom stereocenters. The lowest BCUT2D eigenvalue weighted by Gasteiger charge is -2.15. The number of carbonyl (C=O) groups excluding carboxylic acids is 1. The molecule has 1 atom stereocenters. The third-order valence-corrected chi connectivity index (χ3v) is 2.38. The highest BCUT2D eigenvalue weighted by molar-refractivity contribution is 6.34. The number of nitrogens with one attached hydrogen (secondary N) is 1. The van der Waals surface area contributed by atoms with Crippen molar-refractivity contribution in [3.8, 4) is 0 Å². The van der Waals surface area contributed by atoms with Crippen LogP contribution in [0.15, 0.2) is 18.2 Å². The van der Waals surface area contributed by atoms with Gasteiger partial charge in [-0.1, -0.05) is 11.6 Å². The molecule has 1 rings (SSSR count). The zero-order valence-corrected chi connectivity index (χ0v) is 10.9. The zero-order chi connectivity index (χ0) is 13.9. The van der Waals surface area contributed by atoms with Gasteiger partial charge in [0.15, 0.2) is 6.10 Å². The number of aliphatic hydroxyl groups is 1. The van der Waals surface area contributed by atoms with Crippen LogP contribution in [0.5, 0.6) is 0 Å². The highest BCUT2D eigenvalue weighted by atomic mass is 35.5. The van der Waals surface area contributed by atoms with Gasteiger partial charge in [-0.05, 0) is 18.2 Å². The quantitative estimate of drug-likeness (QED) is 0.746. The average molecular weight is 319 g/mol. The molecule has 9 heteroatoms. The SMILES string of the molecule is Cl.Nc1ccc(C(=O)NCC(O)C(F)(F)F)c(Cl)c1. The summed E-state index contributed by atoms with van der Waals surface area (Å²) < 4.78 is 36.0. The van der Waals surface area contributed by atoms with Crippen molar-refractivity contribution in [1.82, 2.24) is 5.32 Å². The number of rotatable bonds is 3. The van der Waals surface area contributed by atoms with E-state index in [1.165, 1.54) is 18.2 Å². The first-order valence-corrected chi connectivity index (χ1v) is 5.17. The zero-order valence-electron chi connectivity index (χ0n) is 9.37. The Balaban J connectivity index is 0.00000324. The Hall–Kier alpha value is -1.18. The Bertz CT molecular complexity index is 455. The van der Waals surface area contributed by atoms with E-state index >= 15 is 0 Å². The molecule has 0 fully saturated rings. The van der Waals surface area contributed by atoms with E-state index in [1.54, 1.807) is 0 Å². The van der Waals surface area contributed by atoms with Crippen LogP contribution < -0.4 is 11.1 Å². The van der Waals surface area contributed by atoms with Gasteiger partial charge in [0.2, 0.25) is 0 Å². The third kappa shape index (κ3) is 5.14. The highest BCUT2D eigenvalue weighted by Crippen LogP contribution is 2.21. The molecule has 0 radical (unpaired) electrons. The maximum Gasteiger partial charge on any atom is 0.416 e. The van der Waals surface area contributed by atoms with Crippen molar-refractivity contribution in [3.05, 3.63) is 28.8 Å². The monoisotopic (exact) mass is 318 g/mol. The van der Waals surface area contributed by atoms with Crippen molar-refractivity contribution in [2.24, 2.45) is 0 Å². The number of carbonyl (C=O) groups is 1. The standard InChI is InChI=1S/C10H10ClF3N2O2.ClH/c11-7-3-5(15)1-2-6(7)9(18)16-4-8(17)10(12,13)14;/h1-3,8,17H,4,15H2,(H,16,18);1H. The number of halogens is 5. The summed E-state index contributed by atoms with van der Waals surface area (Å²) in [7, 11) is 0. The fourth-order valence-corrected chi connectivity index (χ4v) is 1.39. The first-order chi connectivity index (χ1) is 8.21. The van der Waals surface area contributed by atoms with Crippen LogP contribution in [-0.4, -0.2) is 29.8 Å².